The molecule has 3 heterocycles. The summed E-state index contributed by atoms with van der Waals surface area (Å²) in [5.74, 6) is 0.464. The van der Waals surface area contributed by atoms with Gasteiger partial charge in [-0.15, -0.1) is 24.8 Å². The fourth-order valence-corrected chi connectivity index (χ4v) is 4.64. The van der Waals surface area contributed by atoms with Gasteiger partial charge in [0, 0.05) is 31.2 Å². The second-order valence-corrected chi connectivity index (χ2v) is 7.41. The Balaban J connectivity index is 0.00000113. The number of hydrogen-bond donors (Lipinski definition) is 2. The van der Waals surface area contributed by atoms with Crippen molar-refractivity contribution in [3.8, 4) is 0 Å². The summed E-state index contributed by atoms with van der Waals surface area (Å²) in [4.78, 5) is 15.0. The maximum absolute atomic E-state index is 12.4. The topological polar surface area (TPSA) is 44.4 Å². The summed E-state index contributed by atoms with van der Waals surface area (Å²) in [5.41, 5.74) is 1.41. The fourth-order valence-electron chi connectivity index (χ4n) is 4.64. The van der Waals surface area contributed by atoms with Crippen LogP contribution in [0.2, 0.25) is 0 Å². The smallest absolute Gasteiger partial charge is 0.224 e. The Bertz CT molecular complexity index is 537. The molecule has 3 aliphatic rings. The van der Waals surface area contributed by atoms with Crippen LogP contribution >= 0.6 is 24.8 Å². The van der Waals surface area contributed by atoms with Gasteiger partial charge in [0.2, 0.25) is 5.91 Å². The third-order valence-electron chi connectivity index (χ3n) is 5.87. The summed E-state index contributed by atoms with van der Waals surface area (Å²) >= 11 is 0. The molecule has 140 valence electrons. The highest BCUT2D eigenvalue weighted by Gasteiger charge is 2.41. The van der Waals surface area contributed by atoms with Crippen LogP contribution in [-0.4, -0.2) is 42.0 Å². The molecule has 0 spiro atoms. The van der Waals surface area contributed by atoms with Crippen LogP contribution in [0.3, 0.4) is 0 Å². The van der Waals surface area contributed by atoms with E-state index in [9.17, 15) is 4.79 Å². The molecular formula is C19H29Cl2N3O. The molecule has 25 heavy (non-hydrogen) atoms. The van der Waals surface area contributed by atoms with Crippen molar-refractivity contribution in [1.29, 1.82) is 0 Å². The quantitative estimate of drug-likeness (QED) is 0.837. The molecule has 1 aromatic carbocycles. The first-order chi connectivity index (χ1) is 11.3. The van der Waals surface area contributed by atoms with E-state index in [1.807, 2.05) is 0 Å². The number of carbonyl (C=O) groups is 1. The number of rotatable bonds is 4. The van der Waals surface area contributed by atoms with Crippen molar-refractivity contribution in [2.24, 2.45) is 5.92 Å². The minimum absolute atomic E-state index is 0. The standard InChI is InChI=1S/C19H27N3O.2ClH/c23-19(15-8-9-20-12-15)21-16-10-17-6-7-18(11-16)22(17)13-14-4-2-1-3-5-14;;/h1-5,15-18,20H,6-13H2,(H,21,23);2*1H. The number of hydrogen-bond acceptors (Lipinski definition) is 3. The van der Waals surface area contributed by atoms with Gasteiger partial charge in [-0.25, -0.2) is 0 Å². The summed E-state index contributed by atoms with van der Waals surface area (Å²) in [7, 11) is 0. The lowest BCUT2D eigenvalue weighted by atomic mass is 9.95. The molecule has 2 N–H and O–H groups in total. The number of amides is 1. The summed E-state index contributed by atoms with van der Waals surface area (Å²) in [6.45, 7) is 2.90. The van der Waals surface area contributed by atoms with Crippen LogP contribution in [0.4, 0.5) is 0 Å². The average molecular weight is 386 g/mol. The van der Waals surface area contributed by atoms with Gasteiger partial charge in [0.05, 0.1) is 5.92 Å². The van der Waals surface area contributed by atoms with E-state index in [1.165, 1.54) is 18.4 Å². The van der Waals surface area contributed by atoms with Crippen molar-refractivity contribution >= 4 is 30.7 Å². The van der Waals surface area contributed by atoms with Crippen molar-refractivity contribution in [2.45, 2.75) is 56.8 Å². The molecule has 0 radical (unpaired) electrons. The van der Waals surface area contributed by atoms with Gasteiger partial charge < -0.3 is 10.6 Å². The van der Waals surface area contributed by atoms with Gasteiger partial charge in [0.15, 0.2) is 0 Å². The summed E-state index contributed by atoms with van der Waals surface area (Å²) in [5, 5.41) is 6.63. The Kier molecular flexibility index (Phi) is 7.56. The molecule has 0 saturated carbocycles. The lowest BCUT2D eigenvalue weighted by Gasteiger charge is -2.39. The monoisotopic (exact) mass is 385 g/mol. The molecule has 3 aliphatic heterocycles. The molecule has 4 nitrogen and oxygen atoms in total. The Hall–Kier alpha value is -0.810. The zero-order valence-corrected chi connectivity index (χ0v) is 16.2. The van der Waals surface area contributed by atoms with Gasteiger partial charge in [-0.1, -0.05) is 30.3 Å². The SMILES string of the molecule is Cl.Cl.O=C(NC1CC2CCC(C1)N2Cc1ccccc1)C1CCNC1. The van der Waals surface area contributed by atoms with Crippen LogP contribution < -0.4 is 10.6 Å². The van der Waals surface area contributed by atoms with E-state index in [0.29, 0.717) is 18.1 Å². The van der Waals surface area contributed by atoms with Crippen molar-refractivity contribution in [1.82, 2.24) is 15.5 Å². The molecule has 0 aliphatic carbocycles. The normalized spacial score (nSPS) is 31.0. The predicted octanol–water partition coefficient (Wildman–Crippen LogP) is 2.75. The summed E-state index contributed by atoms with van der Waals surface area (Å²) in [6.07, 6.45) is 5.81. The second-order valence-electron chi connectivity index (χ2n) is 7.41. The van der Waals surface area contributed by atoms with E-state index >= 15 is 0 Å². The van der Waals surface area contributed by atoms with E-state index in [1.54, 1.807) is 0 Å². The van der Waals surface area contributed by atoms with Crippen LogP contribution in [0.1, 0.15) is 37.7 Å². The zero-order chi connectivity index (χ0) is 15.6. The van der Waals surface area contributed by atoms with Gasteiger partial charge in [0.1, 0.15) is 0 Å². The summed E-state index contributed by atoms with van der Waals surface area (Å²) in [6, 6.07) is 12.4. The molecule has 0 aromatic heterocycles. The first kappa shape index (κ1) is 20.5. The lowest BCUT2D eigenvalue weighted by molar-refractivity contribution is -0.125. The highest BCUT2D eigenvalue weighted by Crippen LogP contribution is 2.37. The maximum atomic E-state index is 12.4. The number of fused-ring (bicyclic) bond motifs is 2. The van der Waals surface area contributed by atoms with E-state index in [4.69, 9.17) is 0 Å². The Morgan fingerprint density at radius 1 is 1.08 bits per heavy atom. The molecule has 6 heteroatoms. The van der Waals surface area contributed by atoms with Crippen LogP contribution in [0.15, 0.2) is 30.3 Å². The van der Waals surface area contributed by atoms with Crippen molar-refractivity contribution in [3.05, 3.63) is 35.9 Å². The van der Waals surface area contributed by atoms with E-state index < -0.39 is 0 Å². The molecule has 3 saturated heterocycles. The largest absolute Gasteiger partial charge is 0.353 e. The van der Waals surface area contributed by atoms with Crippen molar-refractivity contribution in [3.63, 3.8) is 0 Å². The molecule has 1 amide bonds. The number of carbonyl (C=O) groups excluding carboxylic acids is 1. The third-order valence-corrected chi connectivity index (χ3v) is 5.87. The average Bonchev–Trinajstić information content (AvgIpc) is 3.17. The number of halogens is 2. The zero-order valence-electron chi connectivity index (χ0n) is 14.5. The minimum Gasteiger partial charge on any atom is -0.353 e. The van der Waals surface area contributed by atoms with Gasteiger partial charge >= 0.3 is 0 Å². The first-order valence-corrected chi connectivity index (χ1v) is 9.10. The highest BCUT2D eigenvalue weighted by atomic mass is 35.5. The lowest BCUT2D eigenvalue weighted by Crippen LogP contribution is -2.51. The van der Waals surface area contributed by atoms with Gasteiger partial charge in [-0.2, -0.15) is 0 Å². The van der Waals surface area contributed by atoms with Crippen LogP contribution in [-0.2, 0) is 11.3 Å². The molecule has 4 rings (SSSR count). The van der Waals surface area contributed by atoms with Gasteiger partial charge in [-0.3, -0.25) is 9.69 Å². The third kappa shape index (κ3) is 4.68. The van der Waals surface area contributed by atoms with Crippen molar-refractivity contribution < 1.29 is 4.79 Å². The van der Waals surface area contributed by atoms with E-state index in [0.717, 1.165) is 38.9 Å². The molecule has 3 fully saturated rings. The van der Waals surface area contributed by atoms with E-state index in [-0.39, 0.29) is 36.6 Å². The fraction of sp³-hybridized carbons (Fsp3) is 0.632. The summed E-state index contributed by atoms with van der Waals surface area (Å²) < 4.78 is 0. The Morgan fingerprint density at radius 3 is 2.36 bits per heavy atom. The highest BCUT2D eigenvalue weighted by molar-refractivity contribution is 5.85. The number of benzene rings is 1. The Labute approximate surface area is 162 Å². The van der Waals surface area contributed by atoms with Gasteiger partial charge in [0.25, 0.3) is 0 Å². The predicted molar refractivity (Wildman–Crippen MR) is 105 cm³/mol. The van der Waals surface area contributed by atoms with Crippen molar-refractivity contribution in [2.75, 3.05) is 13.1 Å². The van der Waals surface area contributed by atoms with Gasteiger partial charge in [-0.05, 0) is 44.2 Å². The molecular weight excluding hydrogens is 357 g/mol. The van der Waals surface area contributed by atoms with Crippen LogP contribution in [0.25, 0.3) is 0 Å². The molecule has 1 aromatic rings. The molecule has 3 atom stereocenters. The Morgan fingerprint density at radius 2 is 1.76 bits per heavy atom. The number of nitrogens with one attached hydrogen (secondary N) is 2. The first-order valence-electron chi connectivity index (χ1n) is 9.10. The van der Waals surface area contributed by atoms with Crippen LogP contribution in [0, 0.1) is 5.92 Å². The van der Waals surface area contributed by atoms with Crippen LogP contribution in [0.5, 0.6) is 0 Å². The minimum atomic E-state index is 0. The van der Waals surface area contributed by atoms with E-state index in [2.05, 4.69) is 45.9 Å². The number of nitrogens with zero attached hydrogens (tertiary/aromatic N) is 1. The second kappa shape index (κ2) is 9.22. The molecule has 2 bridgehead atoms. The maximum Gasteiger partial charge on any atom is 0.224 e. The number of piperidine rings is 1. The molecule has 3 unspecified atom stereocenters.